The van der Waals surface area contributed by atoms with Crippen LogP contribution in [0.3, 0.4) is 0 Å². The smallest absolute Gasteiger partial charge is 0.226 e. The number of ether oxygens (including phenoxy) is 1. The van der Waals surface area contributed by atoms with E-state index in [-0.39, 0.29) is 0 Å². The number of aliphatic hydroxyl groups excluding tert-OH is 1. The zero-order valence-corrected chi connectivity index (χ0v) is 18.9. The van der Waals surface area contributed by atoms with Crippen LogP contribution in [0.5, 0.6) is 5.75 Å². The normalized spacial score (nSPS) is 15.8. The average Bonchev–Trinajstić information content (AvgIpc) is 3.17. The Balaban J connectivity index is 1.50. The third-order valence-electron chi connectivity index (χ3n) is 6.00. The fourth-order valence-electron chi connectivity index (χ4n) is 4.23. The standard InChI is InChI=1S/C25H32N4O2/c1-5-28(6-2)12-8-7-9-19-10-11-20-14-21(25(30)31-23(20)13-19)22-16-29-15-17(3)26-18(4)24(29)27-22/h10-11,13-16,25,30H,5-9,12H2,1-4H3. The molecule has 3 heterocycles. The van der Waals surface area contributed by atoms with E-state index in [4.69, 9.17) is 4.74 Å². The van der Waals surface area contributed by atoms with Gasteiger partial charge in [0.05, 0.1) is 17.1 Å². The van der Waals surface area contributed by atoms with Gasteiger partial charge in [0.2, 0.25) is 6.29 Å². The predicted octanol–water partition coefficient (Wildman–Crippen LogP) is 4.26. The second kappa shape index (κ2) is 9.20. The number of aryl methyl sites for hydroxylation is 3. The number of aliphatic hydroxyl groups is 1. The van der Waals surface area contributed by atoms with Gasteiger partial charge in [0.15, 0.2) is 5.65 Å². The molecule has 1 unspecified atom stereocenters. The number of fused-ring (bicyclic) bond motifs is 2. The third kappa shape index (κ3) is 4.65. The van der Waals surface area contributed by atoms with Crippen molar-refractivity contribution in [3.8, 4) is 5.75 Å². The first-order chi connectivity index (χ1) is 15.0. The maximum Gasteiger partial charge on any atom is 0.226 e. The van der Waals surface area contributed by atoms with Crippen LogP contribution in [0.4, 0.5) is 0 Å². The van der Waals surface area contributed by atoms with Gasteiger partial charge in [-0.2, -0.15) is 0 Å². The van der Waals surface area contributed by atoms with E-state index in [2.05, 4.69) is 46.9 Å². The number of nitrogens with zero attached hydrogens (tertiary/aromatic N) is 4. The van der Waals surface area contributed by atoms with E-state index in [9.17, 15) is 5.11 Å². The highest BCUT2D eigenvalue weighted by atomic mass is 16.6. The lowest BCUT2D eigenvalue weighted by Crippen LogP contribution is -2.24. The Kier molecular flexibility index (Phi) is 6.39. The van der Waals surface area contributed by atoms with Crippen molar-refractivity contribution in [2.24, 2.45) is 0 Å². The van der Waals surface area contributed by atoms with Crippen LogP contribution in [0.2, 0.25) is 0 Å². The molecule has 0 aliphatic carbocycles. The van der Waals surface area contributed by atoms with Crippen LogP contribution in [0.15, 0.2) is 30.6 Å². The minimum atomic E-state index is -1.04. The van der Waals surface area contributed by atoms with Crippen molar-refractivity contribution in [1.29, 1.82) is 0 Å². The Morgan fingerprint density at radius 1 is 1.10 bits per heavy atom. The van der Waals surface area contributed by atoms with Crippen LogP contribution in [-0.4, -0.2) is 50.3 Å². The Hall–Kier alpha value is -2.70. The number of imidazole rings is 1. The van der Waals surface area contributed by atoms with E-state index in [1.807, 2.05) is 36.7 Å². The highest BCUT2D eigenvalue weighted by Gasteiger charge is 2.24. The molecule has 0 saturated heterocycles. The molecule has 1 aliphatic rings. The molecule has 4 rings (SSSR count). The van der Waals surface area contributed by atoms with E-state index in [1.165, 1.54) is 12.0 Å². The summed E-state index contributed by atoms with van der Waals surface area (Å²) in [5.74, 6) is 0.731. The number of unbranched alkanes of at least 4 members (excludes halogenated alkanes) is 1. The summed E-state index contributed by atoms with van der Waals surface area (Å²) in [5, 5.41) is 10.7. The Morgan fingerprint density at radius 3 is 2.68 bits per heavy atom. The fourth-order valence-corrected chi connectivity index (χ4v) is 4.23. The van der Waals surface area contributed by atoms with E-state index in [1.54, 1.807) is 0 Å². The maximum absolute atomic E-state index is 10.7. The lowest BCUT2D eigenvalue weighted by molar-refractivity contribution is 0.0317. The van der Waals surface area contributed by atoms with Crippen molar-refractivity contribution >= 4 is 17.3 Å². The largest absolute Gasteiger partial charge is 0.460 e. The van der Waals surface area contributed by atoms with Crippen LogP contribution < -0.4 is 4.74 Å². The van der Waals surface area contributed by atoms with E-state index >= 15 is 0 Å². The minimum Gasteiger partial charge on any atom is -0.460 e. The summed E-state index contributed by atoms with van der Waals surface area (Å²) in [6.07, 6.45) is 8.15. The molecule has 1 aliphatic heterocycles. The molecule has 1 N–H and O–H groups in total. The van der Waals surface area contributed by atoms with Gasteiger partial charge < -0.3 is 19.1 Å². The van der Waals surface area contributed by atoms with Crippen LogP contribution in [0.25, 0.3) is 17.3 Å². The van der Waals surface area contributed by atoms with Crippen LogP contribution in [-0.2, 0) is 6.42 Å². The average molecular weight is 421 g/mol. The number of rotatable bonds is 8. The summed E-state index contributed by atoms with van der Waals surface area (Å²) in [5.41, 5.74) is 6.17. The fraction of sp³-hybridized carbons (Fsp3) is 0.440. The van der Waals surface area contributed by atoms with Gasteiger partial charge in [0.1, 0.15) is 5.75 Å². The van der Waals surface area contributed by atoms with Gasteiger partial charge >= 0.3 is 0 Å². The third-order valence-corrected chi connectivity index (χ3v) is 6.00. The van der Waals surface area contributed by atoms with Crippen molar-refractivity contribution in [3.05, 3.63) is 58.8 Å². The van der Waals surface area contributed by atoms with Crippen molar-refractivity contribution in [2.45, 2.75) is 53.2 Å². The van der Waals surface area contributed by atoms with Crippen LogP contribution >= 0.6 is 0 Å². The molecule has 0 bridgehead atoms. The maximum atomic E-state index is 10.7. The molecule has 0 radical (unpaired) electrons. The van der Waals surface area contributed by atoms with Crippen molar-refractivity contribution in [2.75, 3.05) is 19.6 Å². The molecule has 0 amide bonds. The van der Waals surface area contributed by atoms with Gasteiger partial charge in [-0.1, -0.05) is 26.0 Å². The molecule has 31 heavy (non-hydrogen) atoms. The molecule has 1 atom stereocenters. The summed E-state index contributed by atoms with van der Waals surface area (Å²) < 4.78 is 7.84. The molecule has 3 aromatic rings. The van der Waals surface area contributed by atoms with Gasteiger partial charge in [-0.3, -0.25) is 4.98 Å². The van der Waals surface area contributed by atoms with Gasteiger partial charge in [-0.05, 0) is 70.5 Å². The molecule has 164 valence electrons. The second-order valence-corrected chi connectivity index (χ2v) is 8.25. The first-order valence-electron chi connectivity index (χ1n) is 11.2. The van der Waals surface area contributed by atoms with Gasteiger partial charge in [0, 0.05) is 23.5 Å². The van der Waals surface area contributed by atoms with Gasteiger partial charge in [-0.25, -0.2) is 4.98 Å². The van der Waals surface area contributed by atoms with Crippen molar-refractivity contribution < 1.29 is 9.84 Å². The van der Waals surface area contributed by atoms with Crippen LogP contribution in [0.1, 0.15) is 54.9 Å². The summed E-state index contributed by atoms with van der Waals surface area (Å²) in [6.45, 7) is 11.7. The minimum absolute atomic E-state index is 0.667. The SMILES string of the molecule is CCN(CC)CCCCc1ccc2c(c1)OC(O)C(c1cn3cc(C)nc(C)c3n1)=C2. The highest BCUT2D eigenvalue weighted by molar-refractivity contribution is 5.86. The van der Waals surface area contributed by atoms with Crippen LogP contribution in [0, 0.1) is 13.8 Å². The zero-order chi connectivity index (χ0) is 22.0. The molecule has 0 saturated carbocycles. The van der Waals surface area contributed by atoms with Gasteiger partial charge in [0.25, 0.3) is 0 Å². The molecule has 0 spiro atoms. The molecule has 6 heteroatoms. The Morgan fingerprint density at radius 2 is 1.90 bits per heavy atom. The highest BCUT2D eigenvalue weighted by Crippen LogP contribution is 2.34. The first-order valence-corrected chi connectivity index (χ1v) is 11.2. The van der Waals surface area contributed by atoms with Crippen molar-refractivity contribution in [1.82, 2.24) is 19.3 Å². The molecule has 1 aromatic carbocycles. The van der Waals surface area contributed by atoms with Gasteiger partial charge in [-0.15, -0.1) is 0 Å². The summed E-state index contributed by atoms with van der Waals surface area (Å²) in [7, 11) is 0. The topological polar surface area (TPSA) is 62.9 Å². The summed E-state index contributed by atoms with van der Waals surface area (Å²) >= 11 is 0. The Labute approximate surface area is 184 Å². The molecule has 2 aromatic heterocycles. The quantitative estimate of drug-likeness (QED) is 0.552. The lowest BCUT2D eigenvalue weighted by Gasteiger charge is -2.23. The number of benzene rings is 1. The first kappa shape index (κ1) is 21.5. The molecular formula is C25H32N4O2. The van der Waals surface area contributed by atoms with E-state index in [0.717, 1.165) is 60.8 Å². The summed E-state index contributed by atoms with van der Waals surface area (Å²) in [6, 6.07) is 6.30. The van der Waals surface area contributed by atoms with Crippen molar-refractivity contribution in [3.63, 3.8) is 0 Å². The molecule has 0 fully saturated rings. The molecule has 6 nitrogen and oxygen atoms in total. The number of aromatic nitrogens is 3. The monoisotopic (exact) mass is 420 g/mol. The number of hydrogen-bond acceptors (Lipinski definition) is 5. The lowest BCUT2D eigenvalue weighted by atomic mass is 10.0. The van der Waals surface area contributed by atoms with E-state index in [0.29, 0.717) is 11.3 Å². The Bertz CT molecular complexity index is 1100. The molecular weight excluding hydrogens is 388 g/mol. The van der Waals surface area contributed by atoms with E-state index < -0.39 is 6.29 Å². The second-order valence-electron chi connectivity index (χ2n) is 8.25. The predicted molar refractivity (Wildman–Crippen MR) is 124 cm³/mol. The number of hydrogen-bond donors (Lipinski definition) is 1. The summed E-state index contributed by atoms with van der Waals surface area (Å²) in [4.78, 5) is 11.6. The zero-order valence-electron chi connectivity index (χ0n) is 18.9.